The van der Waals surface area contributed by atoms with E-state index in [2.05, 4.69) is 41.8 Å². The lowest BCUT2D eigenvalue weighted by molar-refractivity contribution is -0.125. The Kier molecular flexibility index (Phi) is 11.9. The number of amides is 3. The molecule has 0 spiro atoms. The van der Waals surface area contributed by atoms with Crippen LogP contribution >= 0.6 is 15.9 Å². The molecule has 0 radical (unpaired) electrons. The average molecular weight is 626 g/mol. The summed E-state index contributed by atoms with van der Waals surface area (Å²) < 4.78 is 0.919. The summed E-state index contributed by atoms with van der Waals surface area (Å²) in [6, 6.07) is 14.6. The van der Waals surface area contributed by atoms with E-state index < -0.39 is 42.0 Å². The Morgan fingerprint density at radius 2 is 1.59 bits per heavy atom. The van der Waals surface area contributed by atoms with Crippen LogP contribution in [0.15, 0.2) is 71.5 Å². The molecule has 0 bridgehead atoms. The highest BCUT2D eigenvalue weighted by molar-refractivity contribution is 9.10. The number of nitrogens with zero attached hydrogens (tertiary/aromatic N) is 2. The highest BCUT2D eigenvalue weighted by atomic mass is 79.9. The lowest BCUT2D eigenvalue weighted by Crippen LogP contribution is -2.57. The van der Waals surface area contributed by atoms with E-state index in [0.29, 0.717) is 18.5 Å². The van der Waals surface area contributed by atoms with Crippen molar-refractivity contribution in [1.29, 1.82) is 0 Å². The summed E-state index contributed by atoms with van der Waals surface area (Å²) in [5.74, 6) is -1.78. The summed E-state index contributed by atoms with van der Waals surface area (Å²) in [4.78, 5) is 46.6. The molecular weight excluding hydrogens is 588 g/mol. The van der Waals surface area contributed by atoms with Crippen LogP contribution in [0.25, 0.3) is 0 Å². The van der Waals surface area contributed by atoms with E-state index in [1.807, 2.05) is 68.4 Å². The summed E-state index contributed by atoms with van der Waals surface area (Å²) in [6.45, 7) is 5.39. The predicted octanol–water partition coefficient (Wildman–Crippen LogP) is 2.08. The van der Waals surface area contributed by atoms with Gasteiger partial charge in [0.05, 0.1) is 30.1 Å². The predicted molar refractivity (Wildman–Crippen MR) is 160 cm³/mol. The monoisotopic (exact) mass is 624 g/mol. The Morgan fingerprint density at radius 1 is 0.927 bits per heavy atom. The van der Waals surface area contributed by atoms with Gasteiger partial charge in [-0.1, -0.05) is 72.2 Å². The van der Waals surface area contributed by atoms with Crippen molar-refractivity contribution in [1.82, 2.24) is 25.9 Å². The van der Waals surface area contributed by atoms with Crippen molar-refractivity contribution >= 4 is 33.7 Å². The van der Waals surface area contributed by atoms with Gasteiger partial charge in [0, 0.05) is 17.2 Å². The molecule has 41 heavy (non-hydrogen) atoms. The highest BCUT2D eigenvalue weighted by Gasteiger charge is 2.30. The van der Waals surface area contributed by atoms with Crippen LogP contribution in [0.1, 0.15) is 41.2 Å². The standard InChI is InChI=1S/C30H37BrN6O4/c1-18(2)27(37-29(40)25-16-33-19(3)15-34-25)30(41)36-23(13-20-7-5-4-6-8-20)26(38)17-35-24(28(32)39)14-21-9-11-22(31)12-10-21/h4-12,15-16,18,23-24,26-27,35,38H,13-14,17H2,1-3H3,(H2,32,39)(H,36,41)(H,37,40)/t23-,24-,26-,27-/m0/s1. The van der Waals surface area contributed by atoms with Crippen LogP contribution in [-0.4, -0.2) is 63.6 Å². The first-order valence-electron chi connectivity index (χ1n) is 13.4. The molecule has 2 aromatic carbocycles. The molecular formula is C30H37BrN6O4. The van der Waals surface area contributed by atoms with E-state index in [-0.39, 0.29) is 18.2 Å². The summed E-state index contributed by atoms with van der Waals surface area (Å²) in [5.41, 5.74) is 8.22. The van der Waals surface area contributed by atoms with Gasteiger partial charge in [0.2, 0.25) is 11.8 Å². The fourth-order valence-electron chi connectivity index (χ4n) is 4.22. The maximum absolute atomic E-state index is 13.5. The molecule has 1 aromatic heterocycles. The number of nitrogens with one attached hydrogen (secondary N) is 3. The number of halogens is 1. The Bertz CT molecular complexity index is 1290. The number of aryl methyl sites for hydroxylation is 1. The molecule has 6 N–H and O–H groups in total. The van der Waals surface area contributed by atoms with E-state index in [0.717, 1.165) is 15.6 Å². The fraction of sp³-hybridized carbons (Fsp3) is 0.367. The number of aliphatic hydroxyl groups is 1. The van der Waals surface area contributed by atoms with E-state index in [1.165, 1.54) is 12.4 Å². The summed E-state index contributed by atoms with van der Waals surface area (Å²) in [7, 11) is 0. The minimum absolute atomic E-state index is 0.000421. The summed E-state index contributed by atoms with van der Waals surface area (Å²) in [6.07, 6.45) is 2.43. The third kappa shape index (κ3) is 10.0. The number of aromatic nitrogens is 2. The molecule has 0 fully saturated rings. The lowest BCUT2D eigenvalue weighted by atomic mass is 9.98. The topological polar surface area (TPSA) is 159 Å². The fourth-order valence-corrected chi connectivity index (χ4v) is 4.48. The molecule has 0 aliphatic rings. The van der Waals surface area contributed by atoms with Gasteiger partial charge >= 0.3 is 0 Å². The van der Waals surface area contributed by atoms with E-state index in [4.69, 9.17) is 5.73 Å². The molecule has 4 atom stereocenters. The molecule has 0 aliphatic heterocycles. The first-order chi connectivity index (χ1) is 19.5. The Morgan fingerprint density at radius 3 is 2.17 bits per heavy atom. The number of carbonyl (C=O) groups is 3. The quantitative estimate of drug-likeness (QED) is 0.184. The van der Waals surface area contributed by atoms with Crippen LogP contribution in [0, 0.1) is 12.8 Å². The minimum atomic E-state index is -1.07. The molecule has 0 saturated heterocycles. The second-order valence-electron chi connectivity index (χ2n) is 10.3. The Labute approximate surface area is 248 Å². The van der Waals surface area contributed by atoms with Gasteiger partial charge < -0.3 is 26.8 Å². The number of nitrogens with two attached hydrogens (primary N) is 1. The number of primary amides is 1. The smallest absolute Gasteiger partial charge is 0.272 e. The van der Waals surface area contributed by atoms with Crippen molar-refractivity contribution < 1.29 is 19.5 Å². The van der Waals surface area contributed by atoms with Crippen LogP contribution in [0.5, 0.6) is 0 Å². The van der Waals surface area contributed by atoms with Gasteiger partial charge in [-0.15, -0.1) is 0 Å². The van der Waals surface area contributed by atoms with Crippen molar-refractivity contribution in [3.63, 3.8) is 0 Å². The van der Waals surface area contributed by atoms with Crippen LogP contribution < -0.4 is 21.7 Å². The van der Waals surface area contributed by atoms with Crippen molar-refractivity contribution in [3.05, 3.63) is 94.0 Å². The SMILES string of the molecule is Cc1cnc(C(=O)N[C@H](C(=O)N[C@@H](Cc2ccccc2)[C@@H](O)CN[C@@H](Cc2ccc(Br)cc2)C(N)=O)C(C)C)cn1. The number of rotatable bonds is 14. The first kappa shape index (κ1) is 31.9. The molecule has 218 valence electrons. The largest absolute Gasteiger partial charge is 0.390 e. The second-order valence-corrected chi connectivity index (χ2v) is 11.2. The first-order valence-corrected chi connectivity index (χ1v) is 14.2. The van der Waals surface area contributed by atoms with Gasteiger partial charge in [0.25, 0.3) is 5.91 Å². The van der Waals surface area contributed by atoms with Crippen LogP contribution in [0.3, 0.4) is 0 Å². The van der Waals surface area contributed by atoms with E-state index in [9.17, 15) is 19.5 Å². The van der Waals surface area contributed by atoms with Crippen LogP contribution in [0.4, 0.5) is 0 Å². The average Bonchev–Trinajstić information content (AvgIpc) is 2.94. The van der Waals surface area contributed by atoms with Crippen LogP contribution in [0.2, 0.25) is 0 Å². The molecule has 3 amide bonds. The number of aliphatic hydroxyl groups excluding tert-OH is 1. The van der Waals surface area contributed by atoms with Crippen molar-refractivity contribution in [3.8, 4) is 0 Å². The maximum Gasteiger partial charge on any atom is 0.272 e. The molecule has 3 aromatic rings. The minimum Gasteiger partial charge on any atom is -0.390 e. The zero-order chi connectivity index (χ0) is 29.9. The number of hydrogen-bond acceptors (Lipinski definition) is 7. The van der Waals surface area contributed by atoms with Crippen molar-refractivity contribution in [2.45, 2.75) is 57.8 Å². The number of benzene rings is 2. The zero-order valence-corrected chi connectivity index (χ0v) is 25.0. The Balaban J connectivity index is 1.72. The molecule has 10 nitrogen and oxygen atoms in total. The highest BCUT2D eigenvalue weighted by Crippen LogP contribution is 2.13. The third-order valence-corrected chi connectivity index (χ3v) is 7.14. The zero-order valence-electron chi connectivity index (χ0n) is 23.4. The van der Waals surface area contributed by atoms with Crippen LogP contribution in [-0.2, 0) is 22.4 Å². The van der Waals surface area contributed by atoms with Crippen molar-refractivity contribution in [2.24, 2.45) is 11.7 Å². The van der Waals surface area contributed by atoms with E-state index in [1.54, 1.807) is 6.92 Å². The van der Waals surface area contributed by atoms with Gasteiger partial charge in [-0.05, 0) is 48.9 Å². The molecule has 0 aliphatic carbocycles. The number of hydrogen-bond donors (Lipinski definition) is 5. The second kappa shape index (κ2) is 15.4. The normalized spacial score (nSPS) is 14.1. The molecule has 0 saturated carbocycles. The summed E-state index contributed by atoms with van der Waals surface area (Å²) in [5, 5.41) is 19.9. The summed E-state index contributed by atoms with van der Waals surface area (Å²) >= 11 is 3.40. The molecule has 1 heterocycles. The van der Waals surface area contributed by atoms with E-state index >= 15 is 0 Å². The Hall–Kier alpha value is -3.67. The molecule has 11 heteroatoms. The third-order valence-electron chi connectivity index (χ3n) is 6.61. The molecule has 3 rings (SSSR count). The van der Waals surface area contributed by atoms with Gasteiger partial charge in [-0.3, -0.25) is 19.4 Å². The van der Waals surface area contributed by atoms with Crippen molar-refractivity contribution in [2.75, 3.05) is 6.54 Å². The molecule has 0 unspecified atom stereocenters. The van der Waals surface area contributed by atoms with Gasteiger partial charge in [-0.2, -0.15) is 0 Å². The number of carbonyl (C=O) groups excluding carboxylic acids is 3. The lowest BCUT2D eigenvalue weighted by Gasteiger charge is -2.29. The van der Waals surface area contributed by atoms with Gasteiger partial charge in [-0.25, -0.2) is 4.98 Å². The maximum atomic E-state index is 13.5. The van der Waals surface area contributed by atoms with Gasteiger partial charge in [0.1, 0.15) is 11.7 Å². The van der Waals surface area contributed by atoms with Gasteiger partial charge in [0.15, 0.2) is 0 Å².